The first-order valence-electron chi connectivity index (χ1n) is 5.14. The highest BCUT2D eigenvalue weighted by molar-refractivity contribution is 5.88. The van der Waals surface area contributed by atoms with Crippen LogP contribution in [-0.2, 0) is 0 Å². The Balaban J connectivity index is 2.51. The molecule has 0 spiro atoms. The Morgan fingerprint density at radius 1 is 1.38 bits per heavy atom. The molecular formula is C13H14N2O. The van der Waals surface area contributed by atoms with Gasteiger partial charge in [-0.3, -0.25) is 0 Å². The second-order valence-electron chi connectivity index (χ2n) is 3.44. The van der Waals surface area contributed by atoms with Crippen LogP contribution in [0.3, 0.4) is 0 Å². The molecule has 1 aromatic heterocycles. The van der Waals surface area contributed by atoms with Gasteiger partial charge in [-0.1, -0.05) is 18.2 Å². The lowest BCUT2D eigenvalue weighted by atomic mass is 10.1. The minimum atomic E-state index is 0.553. The number of ether oxygens (including phenoxy) is 1. The molecule has 0 saturated heterocycles. The van der Waals surface area contributed by atoms with Crippen molar-refractivity contribution in [1.29, 1.82) is 0 Å². The molecule has 3 heteroatoms. The number of methoxy groups -OCH3 is 1. The second kappa shape index (κ2) is 4.77. The molecule has 1 heterocycles. The monoisotopic (exact) mass is 214 g/mol. The topological polar surface area (TPSA) is 48.1 Å². The fourth-order valence-electron chi connectivity index (χ4n) is 1.64. The van der Waals surface area contributed by atoms with Gasteiger partial charge in [0.15, 0.2) is 0 Å². The molecule has 0 unspecified atom stereocenters. The third-order valence-electron chi connectivity index (χ3n) is 2.39. The van der Waals surface area contributed by atoms with E-state index < -0.39 is 0 Å². The predicted molar refractivity (Wildman–Crippen MR) is 66.4 cm³/mol. The van der Waals surface area contributed by atoms with Gasteiger partial charge in [0.1, 0.15) is 0 Å². The summed E-state index contributed by atoms with van der Waals surface area (Å²) in [5.74, 6) is 0.659. The first kappa shape index (κ1) is 10.6. The average molecular weight is 214 g/mol. The van der Waals surface area contributed by atoms with Gasteiger partial charge < -0.3 is 10.5 Å². The van der Waals surface area contributed by atoms with Crippen molar-refractivity contribution in [3.8, 4) is 5.88 Å². The normalized spacial score (nSPS) is 11.1. The van der Waals surface area contributed by atoms with Crippen LogP contribution >= 0.6 is 0 Å². The molecule has 2 N–H and O–H groups in total. The molecule has 0 radical (unpaired) electrons. The predicted octanol–water partition coefficient (Wildman–Crippen LogP) is 2.22. The molecule has 0 bridgehead atoms. The van der Waals surface area contributed by atoms with Crippen LogP contribution in [0.1, 0.15) is 5.56 Å². The van der Waals surface area contributed by atoms with Gasteiger partial charge in [0.05, 0.1) is 7.11 Å². The van der Waals surface area contributed by atoms with Crippen molar-refractivity contribution in [1.82, 2.24) is 4.98 Å². The third kappa shape index (κ3) is 2.04. The van der Waals surface area contributed by atoms with Crippen LogP contribution in [0.2, 0.25) is 0 Å². The van der Waals surface area contributed by atoms with E-state index in [2.05, 4.69) is 11.1 Å². The lowest BCUT2D eigenvalue weighted by molar-refractivity contribution is 0.403. The van der Waals surface area contributed by atoms with Crippen LogP contribution in [0, 0.1) is 0 Å². The van der Waals surface area contributed by atoms with E-state index in [4.69, 9.17) is 10.5 Å². The Labute approximate surface area is 94.6 Å². The number of hydrogen-bond donors (Lipinski definition) is 1. The molecule has 2 rings (SSSR count). The van der Waals surface area contributed by atoms with Crippen LogP contribution < -0.4 is 10.5 Å². The first-order chi connectivity index (χ1) is 7.85. The first-order valence-corrected chi connectivity index (χ1v) is 5.14. The van der Waals surface area contributed by atoms with Crippen LogP contribution in [0.4, 0.5) is 0 Å². The quantitative estimate of drug-likeness (QED) is 0.852. The molecule has 16 heavy (non-hydrogen) atoms. The zero-order valence-corrected chi connectivity index (χ0v) is 9.18. The smallest absolute Gasteiger partial charge is 0.221 e. The molecule has 0 fully saturated rings. The van der Waals surface area contributed by atoms with Crippen molar-refractivity contribution < 1.29 is 4.74 Å². The van der Waals surface area contributed by atoms with Gasteiger partial charge in [0.25, 0.3) is 0 Å². The number of nitrogens with two attached hydrogens (primary N) is 1. The molecular weight excluding hydrogens is 200 g/mol. The van der Waals surface area contributed by atoms with Crippen LogP contribution in [0.25, 0.3) is 16.8 Å². The summed E-state index contributed by atoms with van der Waals surface area (Å²) in [5.41, 5.74) is 6.55. The molecule has 1 aromatic carbocycles. The maximum absolute atomic E-state index is 5.42. The van der Waals surface area contributed by atoms with Crippen molar-refractivity contribution in [2.45, 2.75) is 0 Å². The number of fused-ring (bicyclic) bond motifs is 1. The highest BCUT2D eigenvalue weighted by Gasteiger charge is 2.01. The summed E-state index contributed by atoms with van der Waals surface area (Å²) < 4.78 is 5.20. The molecule has 0 aliphatic rings. The number of rotatable bonds is 3. The Morgan fingerprint density at radius 2 is 2.25 bits per heavy atom. The molecule has 0 atom stereocenters. The summed E-state index contributed by atoms with van der Waals surface area (Å²) in [7, 11) is 1.63. The lowest BCUT2D eigenvalue weighted by Crippen LogP contribution is -1.92. The molecule has 3 nitrogen and oxygen atoms in total. The molecule has 2 aromatic rings. The summed E-state index contributed by atoms with van der Waals surface area (Å²) in [6.45, 7) is 0.553. The van der Waals surface area contributed by atoms with E-state index in [1.165, 1.54) is 0 Å². The van der Waals surface area contributed by atoms with Gasteiger partial charge >= 0.3 is 0 Å². The highest BCUT2D eigenvalue weighted by Crippen LogP contribution is 2.23. The van der Waals surface area contributed by atoms with E-state index in [-0.39, 0.29) is 0 Å². The summed E-state index contributed by atoms with van der Waals surface area (Å²) in [4.78, 5) is 4.16. The van der Waals surface area contributed by atoms with Gasteiger partial charge in [0, 0.05) is 18.1 Å². The summed E-state index contributed by atoms with van der Waals surface area (Å²) >= 11 is 0. The van der Waals surface area contributed by atoms with Crippen molar-refractivity contribution in [2.24, 2.45) is 5.73 Å². The standard InChI is InChI=1S/C13H14N2O/c1-16-13-12-5-4-10(3-2-7-14)9-11(12)6-8-15-13/h2-6,8-9H,7,14H2,1H3/b3-2+. The van der Waals surface area contributed by atoms with Gasteiger partial charge in [-0.25, -0.2) is 4.98 Å². The van der Waals surface area contributed by atoms with E-state index in [0.29, 0.717) is 12.4 Å². The second-order valence-corrected chi connectivity index (χ2v) is 3.44. The van der Waals surface area contributed by atoms with E-state index in [0.717, 1.165) is 16.3 Å². The van der Waals surface area contributed by atoms with E-state index in [1.54, 1.807) is 13.3 Å². The van der Waals surface area contributed by atoms with E-state index >= 15 is 0 Å². The highest BCUT2D eigenvalue weighted by atomic mass is 16.5. The summed E-state index contributed by atoms with van der Waals surface area (Å²) in [6.07, 6.45) is 5.68. The van der Waals surface area contributed by atoms with Crippen molar-refractivity contribution in [3.05, 3.63) is 42.1 Å². The Morgan fingerprint density at radius 3 is 3.00 bits per heavy atom. The number of aromatic nitrogens is 1. The Bertz CT molecular complexity index is 520. The van der Waals surface area contributed by atoms with Crippen molar-refractivity contribution in [2.75, 3.05) is 13.7 Å². The summed E-state index contributed by atoms with van der Waals surface area (Å²) in [5, 5.41) is 2.14. The van der Waals surface area contributed by atoms with Crippen LogP contribution in [0.15, 0.2) is 36.5 Å². The number of nitrogens with zero attached hydrogens (tertiary/aromatic N) is 1. The van der Waals surface area contributed by atoms with Crippen molar-refractivity contribution in [3.63, 3.8) is 0 Å². The Kier molecular flexibility index (Phi) is 3.17. The number of benzene rings is 1. The zero-order valence-electron chi connectivity index (χ0n) is 9.18. The van der Waals surface area contributed by atoms with Gasteiger partial charge in [0.2, 0.25) is 5.88 Å². The molecule has 0 aliphatic carbocycles. The fraction of sp³-hybridized carbons (Fsp3) is 0.154. The average Bonchev–Trinajstić information content (AvgIpc) is 2.35. The van der Waals surface area contributed by atoms with Crippen molar-refractivity contribution >= 4 is 16.8 Å². The molecule has 0 aliphatic heterocycles. The van der Waals surface area contributed by atoms with Gasteiger partial charge in [-0.2, -0.15) is 0 Å². The summed E-state index contributed by atoms with van der Waals surface area (Å²) in [6, 6.07) is 8.10. The molecule has 82 valence electrons. The third-order valence-corrected chi connectivity index (χ3v) is 2.39. The minimum Gasteiger partial charge on any atom is -0.481 e. The number of hydrogen-bond acceptors (Lipinski definition) is 3. The van der Waals surface area contributed by atoms with E-state index in [1.807, 2.05) is 30.4 Å². The maximum atomic E-state index is 5.42. The van der Waals surface area contributed by atoms with Gasteiger partial charge in [-0.05, 0) is 29.1 Å². The largest absolute Gasteiger partial charge is 0.481 e. The minimum absolute atomic E-state index is 0.553. The maximum Gasteiger partial charge on any atom is 0.221 e. The van der Waals surface area contributed by atoms with E-state index in [9.17, 15) is 0 Å². The SMILES string of the molecule is COc1nccc2cc(/C=C/CN)ccc12. The molecule has 0 saturated carbocycles. The molecule has 0 amide bonds. The lowest BCUT2D eigenvalue weighted by Gasteiger charge is -2.04. The Hall–Kier alpha value is -1.87. The van der Waals surface area contributed by atoms with Crippen LogP contribution in [0.5, 0.6) is 5.88 Å². The van der Waals surface area contributed by atoms with Crippen LogP contribution in [-0.4, -0.2) is 18.6 Å². The fourth-order valence-corrected chi connectivity index (χ4v) is 1.64. The van der Waals surface area contributed by atoms with Gasteiger partial charge in [-0.15, -0.1) is 0 Å². The number of pyridine rings is 1. The zero-order chi connectivity index (χ0) is 11.4.